The van der Waals surface area contributed by atoms with Crippen LogP contribution in [0, 0.1) is 5.41 Å². The standard InChI is InChI=1S/C11H19NO3S/c1-7(13)12-9(6-16-8(2)14)10(15)11(3,4)5/h9H,6H2,1-5H3,(H,12,13). The second kappa shape index (κ2) is 6.03. The molecule has 5 heteroatoms. The lowest BCUT2D eigenvalue weighted by Crippen LogP contribution is -2.46. The first-order valence-corrected chi connectivity index (χ1v) is 6.08. The van der Waals surface area contributed by atoms with Crippen LogP contribution in [0.2, 0.25) is 0 Å². The summed E-state index contributed by atoms with van der Waals surface area (Å²) in [6, 6.07) is -0.591. The summed E-state index contributed by atoms with van der Waals surface area (Å²) in [5, 5.41) is 2.52. The van der Waals surface area contributed by atoms with Crippen LogP contribution in [0.3, 0.4) is 0 Å². The zero-order valence-corrected chi connectivity index (χ0v) is 11.2. The summed E-state index contributed by atoms with van der Waals surface area (Å²) in [6.07, 6.45) is 0. The molecule has 0 fully saturated rings. The van der Waals surface area contributed by atoms with Crippen LogP contribution in [-0.2, 0) is 14.4 Å². The molecule has 0 aliphatic rings. The third kappa shape index (κ3) is 5.90. The highest BCUT2D eigenvalue weighted by Crippen LogP contribution is 2.19. The summed E-state index contributed by atoms with van der Waals surface area (Å²) in [6.45, 7) is 8.19. The van der Waals surface area contributed by atoms with Crippen LogP contribution in [0.1, 0.15) is 34.6 Å². The van der Waals surface area contributed by atoms with E-state index in [0.717, 1.165) is 11.8 Å². The first kappa shape index (κ1) is 15.2. The summed E-state index contributed by atoms with van der Waals surface area (Å²) in [5.41, 5.74) is -0.523. The Hall–Kier alpha value is -0.840. The number of carbonyl (C=O) groups is 3. The molecule has 1 N–H and O–H groups in total. The number of Topliss-reactive ketones (excluding diaryl/α,β-unsaturated/α-hetero) is 1. The Morgan fingerprint density at radius 3 is 2.00 bits per heavy atom. The smallest absolute Gasteiger partial charge is 0.217 e. The largest absolute Gasteiger partial charge is 0.346 e. The van der Waals surface area contributed by atoms with Gasteiger partial charge in [0.25, 0.3) is 0 Å². The molecule has 0 aliphatic carbocycles. The van der Waals surface area contributed by atoms with E-state index in [2.05, 4.69) is 5.32 Å². The van der Waals surface area contributed by atoms with E-state index in [9.17, 15) is 14.4 Å². The lowest BCUT2D eigenvalue weighted by molar-refractivity contribution is -0.131. The molecule has 0 aromatic carbocycles. The van der Waals surface area contributed by atoms with Gasteiger partial charge in [-0.05, 0) is 0 Å². The second-order valence-electron chi connectivity index (χ2n) is 4.67. The van der Waals surface area contributed by atoms with Crippen molar-refractivity contribution in [1.82, 2.24) is 5.32 Å². The lowest BCUT2D eigenvalue weighted by atomic mass is 9.87. The minimum absolute atomic E-state index is 0.0583. The first-order chi connectivity index (χ1) is 7.14. The molecule has 4 nitrogen and oxygen atoms in total. The number of thioether (sulfide) groups is 1. The zero-order chi connectivity index (χ0) is 12.9. The molecule has 1 atom stereocenters. The van der Waals surface area contributed by atoms with Crippen molar-refractivity contribution >= 4 is 28.6 Å². The minimum Gasteiger partial charge on any atom is -0.346 e. The normalized spacial score (nSPS) is 13.1. The number of nitrogens with one attached hydrogen (secondary N) is 1. The Bertz CT molecular complexity index is 294. The fourth-order valence-corrected chi connectivity index (χ4v) is 1.79. The SMILES string of the molecule is CC(=O)NC(CSC(C)=O)C(=O)C(C)(C)C. The molecule has 0 aliphatic heterocycles. The van der Waals surface area contributed by atoms with Crippen molar-refractivity contribution in [3.8, 4) is 0 Å². The number of carbonyl (C=O) groups excluding carboxylic acids is 3. The first-order valence-electron chi connectivity index (χ1n) is 5.09. The van der Waals surface area contributed by atoms with Crippen molar-refractivity contribution in [2.24, 2.45) is 5.41 Å². The Morgan fingerprint density at radius 1 is 1.19 bits per heavy atom. The van der Waals surface area contributed by atoms with E-state index in [0.29, 0.717) is 5.75 Å². The van der Waals surface area contributed by atoms with Gasteiger partial charge in [0, 0.05) is 25.0 Å². The van der Waals surface area contributed by atoms with E-state index in [1.165, 1.54) is 13.8 Å². The Kier molecular flexibility index (Phi) is 5.72. The lowest BCUT2D eigenvalue weighted by Gasteiger charge is -2.24. The number of amides is 1. The third-order valence-electron chi connectivity index (χ3n) is 1.89. The molecule has 92 valence electrons. The van der Waals surface area contributed by atoms with Crippen LogP contribution >= 0.6 is 11.8 Å². The van der Waals surface area contributed by atoms with Gasteiger partial charge in [0.05, 0.1) is 6.04 Å². The van der Waals surface area contributed by atoms with Crippen LogP contribution in [-0.4, -0.2) is 28.6 Å². The highest BCUT2D eigenvalue weighted by molar-refractivity contribution is 8.13. The Labute approximate surface area is 101 Å². The Balaban J connectivity index is 4.60. The summed E-state index contributed by atoms with van der Waals surface area (Å²) in [4.78, 5) is 33.8. The maximum absolute atomic E-state index is 12.0. The average Bonchev–Trinajstić information content (AvgIpc) is 2.08. The number of ketones is 1. The van der Waals surface area contributed by atoms with Gasteiger partial charge in [-0.3, -0.25) is 14.4 Å². The van der Waals surface area contributed by atoms with Gasteiger partial charge in [-0.1, -0.05) is 32.5 Å². The monoisotopic (exact) mass is 245 g/mol. The van der Waals surface area contributed by atoms with Gasteiger partial charge in [0.15, 0.2) is 10.9 Å². The fourth-order valence-electron chi connectivity index (χ4n) is 1.15. The molecule has 0 aromatic rings. The van der Waals surface area contributed by atoms with Gasteiger partial charge in [0.1, 0.15) is 0 Å². The molecule has 0 rings (SSSR count). The third-order valence-corrected chi connectivity index (χ3v) is 2.79. The molecule has 0 radical (unpaired) electrons. The molecule has 0 aromatic heterocycles. The summed E-state index contributed by atoms with van der Waals surface area (Å²) >= 11 is 1.05. The summed E-state index contributed by atoms with van der Waals surface area (Å²) in [5.74, 6) is -0.0198. The van der Waals surface area contributed by atoms with Gasteiger partial charge in [-0.25, -0.2) is 0 Å². The van der Waals surface area contributed by atoms with Crippen LogP contribution in [0.15, 0.2) is 0 Å². The molecule has 1 amide bonds. The van der Waals surface area contributed by atoms with Crippen LogP contribution in [0.25, 0.3) is 0 Å². The van der Waals surface area contributed by atoms with Crippen molar-refractivity contribution in [1.29, 1.82) is 0 Å². The van der Waals surface area contributed by atoms with Gasteiger partial charge in [-0.15, -0.1) is 0 Å². The van der Waals surface area contributed by atoms with Crippen molar-refractivity contribution < 1.29 is 14.4 Å². The fraction of sp³-hybridized carbons (Fsp3) is 0.727. The second-order valence-corrected chi connectivity index (χ2v) is 5.87. The van der Waals surface area contributed by atoms with E-state index in [-0.39, 0.29) is 16.8 Å². The van der Waals surface area contributed by atoms with Gasteiger partial charge in [-0.2, -0.15) is 0 Å². The topological polar surface area (TPSA) is 63.2 Å². The predicted octanol–water partition coefficient (Wildman–Crippen LogP) is 1.39. The van der Waals surface area contributed by atoms with Crippen LogP contribution in [0.5, 0.6) is 0 Å². The number of rotatable bonds is 4. The van der Waals surface area contributed by atoms with Crippen molar-refractivity contribution in [3.63, 3.8) is 0 Å². The maximum atomic E-state index is 12.0. The minimum atomic E-state index is -0.591. The zero-order valence-electron chi connectivity index (χ0n) is 10.4. The maximum Gasteiger partial charge on any atom is 0.217 e. The van der Waals surface area contributed by atoms with E-state index in [4.69, 9.17) is 0 Å². The molecule has 0 bridgehead atoms. The molecule has 0 saturated carbocycles. The average molecular weight is 245 g/mol. The molecule has 16 heavy (non-hydrogen) atoms. The van der Waals surface area contributed by atoms with Crippen molar-refractivity contribution in [2.45, 2.75) is 40.7 Å². The van der Waals surface area contributed by atoms with Gasteiger partial charge < -0.3 is 5.32 Å². The summed E-state index contributed by atoms with van der Waals surface area (Å²) in [7, 11) is 0. The van der Waals surface area contributed by atoms with E-state index >= 15 is 0 Å². The predicted molar refractivity (Wildman–Crippen MR) is 65.2 cm³/mol. The Morgan fingerprint density at radius 2 is 1.69 bits per heavy atom. The van der Waals surface area contributed by atoms with Crippen molar-refractivity contribution in [3.05, 3.63) is 0 Å². The molecule has 0 heterocycles. The molecular weight excluding hydrogens is 226 g/mol. The molecule has 0 spiro atoms. The highest BCUT2D eigenvalue weighted by Gasteiger charge is 2.30. The van der Waals surface area contributed by atoms with Crippen molar-refractivity contribution in [2.75, 3.05) is 5.75 Å². The number of hydrogen-bond acceptors (Lipinski definition) is 4. The molecule has 0 saturated heterocycles. The summed E-state index contributed by atoms with van der Waals surface area (Å²) < 4.78 is 0. The molecule has 1 unspecified atom stereocenters. The van der Waals surface area contributed by atoms with Crippen LogP contribution in [0.4, 0.5) is 0 Å². The quantitative estimate of drug-likeness (QED) is 0.813. The van der Waals surface area contributed by atoms with E-state index in [1.807, 2.05) is 0 Å². The highest BCUT2D eigenvalue weighted by atomic mass is 32.2. The number of hydrogen-bond donors (Lipinski definition) is 1. The van der Waals surface area contributed by atoms with Gasteiger partial charge in [0.2, 0.25) is 5.91 Å². The van der Waals surface area contributed by atoms with Crippen LogP contribution < -0.4 is 5.32 Å². The van der Waals surface area contributed by atoms with E-state index < -0.39 is 11.5 Å². The van der Waals surface area contributed by atoms with E-state index in [1.54, 1.807) is 20.8 Å². The molecular formula is C11H19NO3S. The van der Waals surface area contributed by atoms with Gasteiger partial charge >= 0.3 is 0 Å².